The summed E-state index contributed by atoms with van der Waals surface area (Å²) < 4.78 is 1.58. The van der Waals surface area contributed by atoms with Crippen LogP contribution in [0.2, 0.25) is 0 Å². The standard InChI is InChI=1S/C16H22N6O2S/c1-4-9-17-15(24)12(3)18-14(23)10-25-16-19-20-21-22(16)13-7-5-11(2)6-8-13/h5-8,12H,4,9-10H2,1-3H3,(H,17,24)(H,18,23)/t12-/m1/s1. The van der Waals surface area contributed by atoms with Crippen LogP contribution in [0.4, 0.5) is 0 Å². The van der Waals surface area contributed by atoms with E-state index in [1.54, 1.807) is 11.6 Å². The quantitative estimate of drug-likeness (QED) is 0.682. The fraction of sp³-hybridized carbons (Fsp3) is 0.438. The van der Waals surface area contributed by atoms with Gasteiger partial charge in [0.2, 0.25) is 17.0 Å². The number of thioether (sulfide) groups is 1. The van der Waals surface area contributed by atoms with Crippen LogP contribution in [0.1, 0.15) is 25.8 Å². The second-order valence-electron chi connectivity index (χ2n) is 5.58. The second kappa shape index (κ2) is 9.16. The maximum Gasteiger partial charge on any atom is 0.242 e. The molecule has 0 aliphatic carbocycles. The van der Waals surface area contributed by atoms with Gasteiger partial charge in [-0.05, 0) is 42.8 Å². The van der Waals surface area contributed by atoms with Crippen molar-refractivity contribution in [3.63, 3.8) is 0 Å². The van der Waals surface area contributed by atoms with Crippen molar-refractivity contribution in [2.45, 2.75) is 38.4 Å². The lowest BCUT2D eigenvalue weighted by Gasteiger charge is -2.13. The van der Waals surface area contributed by atoms with Crippen molar-refractivity contribution in [2.75, 3.05) is 12.3 Å². The molecule has 0 saturated heterocycles. The molecule has 1 atom stereocenters. The molecule has 0 bridgehead atoms. The first-order valence-electron chi connectivity index (χ1n) is 8.06. The summed E-state index contributed by atoms with van der Waals surface area (Å²) in [5, 5.41) is 17.5. The summed E-state index contributed by atoms with van der Waals surface area (Å²) >= 11 is 1.22. The third kappa shape index (κ3) is 5.56. The summed E-state index contributed by atoms with van der Waals surface area (Å²) in [5.74, 6) is -0.315. The van der Waals surface area contributed by atoms with Crippen LogP contribution < -0.4 is 10.6 Å². The third-order valence-corrected chi connectivity index (χ3v) is 4.29. The van der Waals surface area contributed by atoms with Crippen molar-refractivity contribution < 1.29 is 9.59 Å². The smallest absolute Gasteiger partial charge is 0.242 e. The van der Waals surface area contributed by atoms with Gasteiger partial charge in [0.05, 0.1) is 11.4 Å². The number of nitrogens with zero attached hydrogens (tertiary/aromatic N) is 4. The Balaban J connectivity index is 1.89. The van der Waals surface area contributed by atoms with E-state index in [2.05, 4.69) is 26.2 Å². The van der Waals surface area contributed by atoms with Gasteiger partial charge in [-0.15, -0.1) is 5.10 Å². The average Bonchev–Trinajstić information content (AvgIpc) is 3.07. The number of carbonyl (C=O) groups excluding carboxylic acids is 2. The average molecular weight is 362 g/mol. The molecule has 0 fully saturated rings. The van der Waals surface area contributed by atoms with E-state index >= 15 is 0 Å². The molecule has 0 aliphatic rings. The lowest BCUT2D eigenvalue weighted by atomic mass is 10.2. The van der Waals surface area contributed by atoms with E-state index in [4.69, 9.17) is 0 Å². The molecule has 0 aliphatic heterocycles. The van der Waals surface area contributed by atoms with Crippen LogP contribution >= 0.6 is 11.8 Å². The number of tetrazole rings is 1. The molecule has 0 radical (unpaired) electrons. The molecule has 2 amide bonds. The molecule has 0 saturated carbocycles. The summed E-state index contributed by atoms with van der Waals surface area (Å²) in [5.41, 5.74) is 1.96. The van der Waals surface area contributed by atoms with Crippen molar-refractivity contribution in [3.05, 3.63) is 29.8 Å². The fourth-order valence-electron chi connectivity index (χ4n) is 2.00. The first kappa shape index (κ1) is 18.9. The Hall–Kier alpha value is -2.42. The van der Waals surface area contributed by atoms with Gasteiger partial charge in [0.1, 0.15) is 6.04 Å². The van der Waals surface area contributed by atoms with Crippen LogP contribution in [-0.4, -0.2) is 50.4 Å². The molecule has 1 aromatic heterocycles. The predicted octanol–water partition coefficient (Wildman–Crippen LogP) is 1.09. The van der Waals surface area contributed by atoms with Crippen LogP contribution in [0.15, 0.2) is 29.4 Å². The Bertz CT molecular complexity index is 716. The van der Waals surface area contributed by atoms with E-state index in [1.807, 2.05) is 38.1 Å². The monoisotopic (exact) mass is 362 g/mol. The lowest BCUT2D eigenvalue weighted by Crippen LogP contribution is -2.45. The molecule has 134 valence electrons. The highest BCUT2D eigenvalue weighted by Gasteiger charge is 2.16. The summed E-state index contributed by atoms with van der Waals surface area (Å²) in [6.07, 6.45) is 0.851. The minimum atomic E-state index is -0.576. The summed E-state index contributed by atoms with van der Waals surface area (Å²) in [6, 6.07) is 7.18. The molecule has 2 rings (SSSR count). The number of aromatic nitrogens is 4. The zero-order valence-electron chi connectivity index (χ0n) is 14.5. The maximum absolute atomic E-state index is 12.0. The van der Waals surface area contributed by atoms with E-state index in [9.17, 15) is 9.59 Å². The van der Waals surface area contributed by atoms with Gasteiger partial charge in [-0.1, -0.05) is 36.4 Å². The molecular formula is C16H22N6O2S. The Morgan fingerprint density at radius 2 is 2.00 bits per heavy atom. The SMILES string of the molecule is CCCNC(=O)[C@@H](C)NC(=O)CSc1nnnn1-c1ccc(C)cc1. The Morgan fingerprint density at radius 3 is 2.68 bits per heavy atom. The van der Waals surface area contributed by atoms with Gasteiger partial charge in [-0.3, -0.25) is 9.59 Å². The van der Waals surface area contributed by atoms with Gasteiger partial charge < -0.3 is 10.6 Å². The van der Waals surface area contributed by atoms with Gasteiger partial charge in [-0.25, -0.2) is 0 Å². The van der Waals surface area contributed by atoms with Crippen LogP contribution in [0, 0.1) is 6.92 Å². The van der Waals surface area contributed by atoms with Crippen LogP contribution in [0.25, 0.3) is 5.69 Å². The molecule has 9 heteroatoms. The molecule has 2 aromatic rings. The van der Waals surface area contributed by atoms with Crippen molar-refractivity contribution >= 4 is 23.6 Å². The zero-order valence-corrected chi connectivity index (χ0v) is 15.3. The van der Waals surface area contributed by atoms with E-state index < -0.39 is 6.04 Å². The molecule has 0 unspecified atom stereocenters. The van der Waals surface area contributed by atoms with Gasteiger partial charge in [0.25, 0.3) is 0 Å². The van der Waals surface area contributed by atoms with Crippen molar-refractivity contribution in [2.24, 2.45) is 0 Å². The number of rotatable bonds is 8. The summed E-state index contributed by atoms with van der Waals surface area (Å²) in [4.78, 5) is 23.8. The highest BCUT2D eigenvalue weighted by molar-refractivity contribution is 7.99. The highest BCUT2D eigenvalue weighted by Crippen LogP contribution is 2.18. The number of carbonyl (C=O) groups is 2. The van der Waals surface area contributed by atoms with E-state index in [0.29, 0.717) is 11.7 Å². The van der Waals surface area contributed by atoms with Crippen LogP contribution in [0.5, 0.6) is 0 Å². The molecule has 2 N–H and O–H groups in total. The molecule has 1 aromatic carbocycles. The van der Waals surface area contributed by atoms with E-state index in [0.717, 1.165) is 17.7 Å². The van der Waals surface area contributed by atoms with E-state index in [-0.39, 0.29) is 17.6 Å². The third-order valence-electron chi connectivity index (χ3n) is 3.37. The number of aryl methyl sites for hydroxylation is 1. The minimum Gasteiger partial charge on any atom is -0.354 e. The fourth-order valence-corrected chi connectivity index (χ4v) is 2.70. The maximum atomic E-state index is 12.0. The lowest BCUT2D eigenvalue weighted by molar-refractivity contribution is -0.127. The molecule has 0 spiro atoms. The molecule has 8 nitrogen and oxygen atoms in total. The number of benzene rings is 1. The molecular weight excluding hydrogens is 340 g/mol. The molecule has 1 heterocycles. The molecule has 25 heavy (non-hydrogen) atoms. The predicted molar refractivity (Wildman–Crippen MR) is 95.5 cm³/mol. The van der Waals surface area contributed by atoms with E-state index in [1.165, 1.54) is 11.8 Å². The summed E-state index contributed by atoms with van der Waals surface area (Å²) in [6.45, 7) is 6.22. The number of amides is 2. The first-order chi connectivity index (χ1) is 12.0. The number of nitrogens with one attached hydrogen (secondary N) is 2. The normalized spacial score (nSPS) is 11.8. The Kier molecular flexibility index (Phi) is 6.93. The van der Waals surface area contributed by atoms with Crippen molar-refractivity contribution in [1.82, 2.24) is 30.8 Å². The van der Waals surface area contributed by atoms with Gasteiger partial charge in [-0.2, -0.15) is 4.68 Å². The van der Waals surface area contributed by atoms with Gasteiger partial charge in [0, 0.05) is 6.54 Å². The Morgan fingerprint density at radius 1 is 1.28 bits per heavy atom. The Labute approximate surface area is 150 Å². The topological polar surface area (TPSA) is 102 Å². The summed E-state index contributed by atoms with van der Waals surface area (Å²) in [7, 11) is 0. The number of hydrogen-bond donors (Lipinski definition) is 2. The van der Waals surface area contributed by atoms with Crippen LogP contribution in [0.3, 0.4) is 0 Å². The van der Waals surface area contributed by atoms with Gasteiger partial charge >= 0.3 is 0 Å². The minimum absolute atomic E-state index is 0.123. The second-order valence-corrected chi connectivity index (χ2v) is 6.52. The highest BCUT2D eigenvalue weighted by atomic mass is 32.2. The van der Waals surface area contributed by atoms with Gasteiger partial charge in [0.15, 0.2) is 0 Å². The van der Waals surface area contributed by atoms with Crippen LogP contribution in [-0.2, 0) is 9.59 Å². The van der Waals surface area contributed by atoms with Crippen molar-refractivity contribution in [3.8, 4) is 5.69 Å². The van der Waals surface area contributed by atoms with Crippen molar-refractivity contribution in [1.29, 1.82) is 0 Å². The zero-order chi connectivity index (χ0) is 18.2. The first-order valence-corrected chi connectivity index (χ1v) is 9.05. The number of hydrogen-bond acceptors (Lipinski definition) is 6. The largest absolute Gasteiger partial charge is 0.354 e.